The molecule has 2 aromatic rings. The van der Waals surface area contributed by atoms with E-state index in [2.05, 4.69) is 15.9 Å². The van der Waals surface area contributed by atoms with E-state index in [0.717, 1.165) is 5.56 Å². The molecule has 0 aliphatic carbocycles. The van der Waals surface area contributed by atoms with Crippen LogP contribution in [-0.2, 0) is 0 Å². The fraction of sp³-hybridized carbons (Fsp3) is 0.0667. The SMILES string of the molecule is Cc1ccc(C(=O)O)cc1Oc1ccc(C#N)c(Br)c1. The summed E-state index contributed by atoms with van der Waals surface area (Å²) >= 11 is 3.28. The molecule has 0 aromatic heterocycles. The van der Waals surface area contributed by atoms with Gasteiger partial charge in [0.1, 0.15) is 17.6 Å². The second kappa shape index (κ2) is 5.76. The van der Waals surface area contributed by atoms with Gasteiger partial charge in [0, 0.05) is 4.47 Å². The van der Waals surface area contributed by atoms with Crippen LogP contribution >= 0.6 is 15.9 Å². The van der Waals surface area contributed by atoms with E-state index in [0.29, 0.717) is 21.5 Å². The van der Waals surface area contributed by atoms with Crippen LogP contribution in [0.5, 0.6) is 11.5 Å². The van der Waals surface area contributed by atoms with Gasteiger partial charge in [-0.25, -0.2) is 4.79 Å². The first kappa shape index (κ1) is 14.1. The molecule has 5 heteroatoms. The monoisotopic (exact) mass is 331 g/mol. The number of ether oxygens (including phenoxy) is 1. The molecule has 0 saturated carbocycles. The van der Waals surface area contributed by atoms with E-state index in [1.807, 2.05) is 13.0 Å². The summed E-state index contributed by atoms with van der Waals surface area (Å²) < 4.78 is 6.31. The highest BCUT2D eigenvalue weighted by molar-refractivity contribution is 9.10. The molecule has 0 spiro atoms. The van der Waals surface area contributed by atoms with Crippen molar-refractivity contribution in [2.45, 2.75) is 6.92 Å². The molecule has 0 unspecified atom stereocenters. The van der Waals surface area contributed by atoms with Gasteiger partial charge >= 0.3 is 5.97 Å². The minimum atomic E-state index is -1.00. The predicted octanol–water partition coefficient (Wildman–Crippen LogP) is 4.12. The van der Waals surface area contributed by atoms with E-state index in [-0.39, 0.29) is 5.56 Å². The molecule has 0 saturated heterocycles. The van der Waals surface area contributed by atoms with Crippen LogP contribution in [0.1, 0.15) is 21.5 Å². The number of hydrogen-bond acceptors (Lipinski definition) is 3. The Balaban J connectivity index is 2.35. The number of aryl methyl sites for hydroxylation is 1. The first-order chi connectivity index (χ1) is 9.51. The fourth-order valence-corrected chi connectivity index (χ4v) is 2.07. The van der Waals surface area contributed by atoms with Crippen molar-refractivity contribution in [1.82, 2.24) is 0 Å². The standard InChI is InChI=1S/C15H10BrNO3/c1-9-2-3-10(15(18)19)6-14(9)20-12-5-4-11(8-17)13(16)7-12/h2-7H,1H3,(H,18,19). The van der Waals surface area contributed by atoms with Crippen molar-refractivity contribution >= 4 is 21.9 Å². The topological polar surface area (TPSA) is 70.3 Å². The summed E-state index contributed by atoms with van der Waals surface area (Å²) in [6.07, 6.45) is 0. The molecule has 0 aliphatic rings. The Bertz CT molecular complexity index is 720. The summed E-state index contributed by atoms with van der Waals surface area (Å²) in [6.45, 7) is 1.83. The third kappa shape index (κ3) is 2.98. The number of rotatable bonds is 3. The Kier molecular flexibility index (Phi) is 4.06. The molecular weight excluding hydrogens is 322 g/mol. The first-order valence-corrected chi connectivity index (χ1v) is 6.52. The summed E-state index contributed by atoms with van der Waals surface area (Å²) in [4.78, 5) is 11.0. The molecule has 0 aliphatic heterocycles. The largest absolute Gasteiger partial charge is 0.478 e. The number of nitrogens with zero attached hydrogens (tertiary/aromatic N) is 1. The van der Waals surface area contributed by atoms with Crippen LogP contribution < -0.4 is 4.74 Å². The highest BCUT2D eigenvalue weighted by atomic mass is 79.9. The molecule has 4 nitrogen and oxygen atoms in total. The van der Waals surface area contributed by atoms with Crippen LogP contribution in [-0.4, -0.2) is 11.1 Å². The Hall–Kier alpha value is -2.32. The van der Waals surface area contributed by atoms with Crippen molar-refractivity contribution in [3.8, 4) is 17.6 Å². The van der Waals surface area contributed by atoms with Crippen LogP contribution in [0.25, 0.3) is 0 Å². The predicted molar refractivity (Wildman–Crippen MR) is 77.1 cm³/mol. The van der Waals surface area contributed by atoms with Crippen molar-refractivity contribution < 1.29 is 14.6 Å². The van der Waals surface area contributed by atoms with Crippen LogP contribution in [0.2, 0.25) is 0 Å². The van der Waals surface area contributed by atoms with E-state index < -0.39 is 5.97 Å². The van der Waals surface area contributed by atoms with Gasteiger partial charge in [0.05, 0.1) is 11.1 Å². The number of hydrogen-bond donors (Lipinski definition) is 1. The molecule has 0 heterocycles. The molecule has 2 rings (SSSR count). The maximum absolute atomic E-state index is 11.0. The molecule has 2 aromatic carbocycles. The minimum Gasteiger partial charge on any atom is -0.478 e. The Labute approximate surface area is 124 Å². The van der Waals surface area contributed by atoms with Gasteiger partial charge in [-0.3, -0.25) is 0 Å². The number of halogens is 1. The normalized spacial score (nSPS) is 9.85. The zero-order valence-corrected chi connectivity index (χ0v) is 12.1. The van der Waals surface area contributed by atoms with Crippen molar-refractivity contribution in [3.05, 3.63) is 57.6 Å². The lowest BCUT2D eigenvalue weighted by Crippen LogP contribution is -1.97. The maximum atomic E-state index is 11.0. The van der Waals surface area contributed by atoms with Gasteiger partial charge in [0.15, 0.2) is 0 Å². The molecule has 0 fully saturated rings. The van der Waals surface area contributed by atoms with E-state index in [9.17, 15) is 4.79 Å². The number of carbonyl (C=O) groups is 1. The average Bonchev–Trinajstić information content (AvgIpc) is 2.41. The van der Waals surface area contributed by atoms with E-state index in [4.69, 9.17) is 15.1 Å². The van der Waals surface area contributed by atoms with Gasteiger partial charge < -0.3 is 9.84 Å². The highest BCUT2D eigenvalue weighted by Gasteiger charge is 2.09. The third-order valence-electron chi connectivity index (χ3n) is 2.72. The van der Waals surface area contributed by atoms with E-state index >= 15 is 0 Å². The molecule has 100 valence electrons. The molecule has 0 amide bonds. The fourth-order valence-electron chi connectivity index (χ4n) is 1.62. The number of benzene rings is 2. The van der Waals surface area contributed by atoms with Gasteiger partial charge in [0.25, 0.3) is 0 Å². The van der Waals surface area contributed by atoms with Gasteiger partial charge in [-0.2, -0.15) is 5.26 Å². The van der Waals surface area contributed by atoms with Gasteiger partial charge in [0.2, 0.25) is 0 Å². The number of nitriles is 1. The van der Waals surface area contributed by atoms with Crippen LogP contribution in [0.3, 0.4) is 0 Å². The lowest BCUT2D eigenvalue weighted by molar-refractivity contribution is 0.0696. The summed E-state index contributed by atoms with van der Waals surface area (Å²) in [5.74, 6) is -0.00104. The second-order valence-corrected chi connectivity index (χ2v) is 5.00. The van der Waals surface area contributed by atoms with Crippen molar-refractivity contribution in [3.63, 3.8) is 0 Å². The second-order valence-electron chi connectivity index (χ2n) is 4.14. The molecule has 0 bridgehead atoms. The summed E-state index contributed by atoms with van der Waals surface area (Å²) in [5, 5.41) is 17.8. The number of aromatic carboxylic acids is 1. The van der Waals surface area contributed by atoms with Gasteiger partial charge in [-0.05, 0) is 58.7 Å². The Morgan fingerprint density at radius 2 is 2.05 bits per heavy atom. The van der Waals surface area contributed by atoms with Crippen molar-refractivity contribution in [2.75, 3.05) is 0 Å². The van der Waals surface area contributed by atoms with Crippen molar-refractivity contribution in [1.29, 1.82) is 5.26 Å². The summed E-state index contributed by atoms with van der Waals surface area (Å²) in [7, 11) is 0. The van der Waals surface area contributed by atoms with Crippen molar-refractivity contribution in [2.24, 2.45) is 0 Å². The summed E-state index contributed by atoms with van der Waals surface area (Å²) in [6, 6.07) is 11.7. The highest BCUT2D eigenvalue weighted by Crippen LogP contribution is 2.29. The Morgan fingerprint density at radius 1 is 1.30 bits per heavy atom. The van der Waals surface area contributed by atoms with Crippen LogP contribution in [0, 0.1) is 18.3 Å². The Morgan fingerprint density at radius 3 is 2.65 bits per heavy atom. The quantitative estimate of drug-likeness (QED) is 0.918. The minimum absolute atomic E-state index is 0.165. The average molecular weight is 332 g/mol. The van der Waals surface area contributed by atoms with E-state index in [1.165, 1.54) is 12.1 Å². The molecule has 20 heavy (non-hydrogen) atoms. The van der Waals surface area contributed by atoms with Gasteiger partial charge in [-0.1, -0.05) is 6.07 Å². The van der Waals surface area contributed by atoms with Gasteiger partial charge in [-0.15, -0.1) is 0 Å². The summed E-state index contributed by atoms with van der Waals surface area (Å²) in [5.41, 5.74) is 1.50. The number of carboxylic acids is 1. The zero-order chi connectivity index (χ0) is 14.7. The first-order valence-electron chi connectivity index (χ1n) is 5.72. The maximum Gasteiger partial charge on any atom is 0.335 e. The lowest BCUT2D eigenvalue weighted by Gasteiger charge is -2.10. The number of carboxylic acid groups (broad SMARTS) is 1. The third-order valence-corrected chi connectivity index (χ3v) is 3.38. The molecule has 1 N–H and O–H groups in total. The molecule has 0 radical (unpaired) electrons. The lowest BCUT2D eigenvalue weighted by atomic mass is 10.1. The van der Waals surface area contributed by atoms with Crippen LogP contribution in [0.4, 0.5) is 0 Å². The van der Waals surface area contributed by atoms with E-state index in [1.54, 1.807) is 24.3 Å². The molecule has 0 atom stereocenters. The van der Waals surface area contributed by atoms with Crippen LogP contribution in [0.15, 0.2) is 40.9 Å². The smallest absolute Gasteiger partial charge is 0.335 e. The zero-order valence-electron chi connectivity index (χ0n) is 10.6. The molecular formula is C15H10BrNO3.